The number of fused-ring (bicyclic) bond motifs is 2. The molecule has 0 saturated heterocycles. The van der Waals surface area contributed by atoms with Crippen LogP contribution in [0.2, 0.25) is 0 Å². The van der Waals surface area contributed by atoms with E-state index in [0.717, 1.165) is 33.8 Å². The van der Waals surface area contributed by atoms with Gasteiger partial charge in [0, 0.05) is 16.9 Å². The zero-order valence-corrected chi connectivity index (χ0v) is 34.8. The zero-order valence-electron chi connectivity index (χ0n) is 34.8. The van der Waals surface area contributed by atoms with Crippen molar-refractivity contribution in [3.63, 3.8) is 0 Å². The van der Waals surface area contributed by atoms with Gasteiger partial charge in [-0.15, -0.1) is 0 Å². The standard InChI is InChI=1S/C62H43N/c1-4-16-45(17-5-1)59-40-34-51(42-61(59)49-20-8-3-9-21-49)44-30-36-53(37-31-44)63(54-38-32-50(33-39-54)57-28-14-24-46-22-10-12-26-55(46)57)62-43-52(35-41-60(62)48-18-6-2-7-19-48)58-29-15-25-47-23-11-13-27-56(47)58/h1-43H. The van der Waals surface area contributed by atoms with Gasteiger partial charge < -0.3 is 4.90 Å². The van der Waals surface area contributed by atoms with Crippen LogP contribution in [-0.2, 0) is 0 Å². The molecule has 0 heterocycles. The molecule has 0 aliphatic carbocycles. The summed E-state index contributed by atoms with van der Waals surface area (Å²) in [6, 6.07) is 94.7. The van der Waals surface area contributed by atoms with Gasteiger partial charge in [0.1, 0.15) is 0 Å². The van der Waals surface area contributed by atoms with Crippen molar-refractivity contribution < 1.29 is 0 Å². The highest BCUT2D eigenvalue weighted by Gasteiger charge is 2.20. The van der Waals surface area contributed by atoms with Crippen molar-refractivity contribution in [2.75, 3.05) is 4.90 Å². The maximum atomic E-state index is 2.43. The third-order valence-corrected chi connectivity index (χ3v) is 12.3. The van der Waals surface area contributed by atoms with Crippen LogP contribution in [0.4, 0.5) is 17.1 Å². The van der Waals surface area contributed by atoms with Crippen molar-refractivity contribution in [1.82, 2.24) is 0 Å². The fraction of sp³-hybridized carbons (Fsp3) is 0. The lowest BCUT2D eigenvalue weighted by atomic mass is 9.91. The molecule has 0 N–H and O–H groups in total. The third kappa shape index (κ3) is 7.37. The van der Waals surface area contributed by atoms with E-state index in [2.05, 4.69) is 266 Å². The smallest absolute Gasteiger partial charge is 0.0546 e. The number of hydrogen-bond donors (Lipinski definition) is 0. The minimum atomic E-state index is 1.08. The predicted molar refractivity (Wildman–Crippen MR) is 269 cm³/mol. The van der Waals surface area contributed by atoms with E-state index < -0.39 is 0 Å². The second kappa shape index (κ2) is 16.7. The Kier molecular flexibility index (Phi) is 9.97. The van der Waals surface area contributed by atoms with Crippen LogP contribution in [0.5, 0.6) is 0 Å². The van der Waals surface area contributed by atoms with Crippen LogP contribution in [0.3, 0.4) is 0 Å². The summed E-state index contributed by atoms with van der Waals surface area (Å²) < 4.78 is 0. The van der Waals surface area contributed by atoms with E-state index in [1.165, 1.54) is 71.6 Å². The van der Waals surface area contributed by atoms with Gasteiger partial charge in [-0.25, -0.2) is 0 Å². The molecule has 1 nitrogen and oxygen atoms in total. The highest BCUT2D eigenvalue weighted by Crippen LogP contribution is 2.45. The molecule has 0 saturated carbocycles. The lowest BCUT2D eigenvalue weighted by Crippen LogP contribution is -2.11. The topological polar surface area (TPSA) is 3.24 Å². The molecule has 11 aromatic rings. The third-order valence-electron chi connectivity index (χ3n) is 12.3. The van der Waals surface area contributed by atoms with Gasteiger partial charge in [-0.2, -0.15) is 0 Å². The Hall–Kier alpha value is -8.26. The molecule has 0 aliphatic rings. The molecular formula is C62H43N. The summed E-state index contributed by atoms with van der Waals surface area (Å²) in [6.07, 6.45) is 0. The van der Waals surface area contributed by atoms with Crippen LogP contribution in [0.1, 0.15) is 0 Å². The van der Waals surface area contributed by atoms with Gasteiger partial charge in [0.2, 0.25) is 0 Å². The van der Waals surface area contributed by atoms with Gasteiger partial charge in [0.15, 0.2) is 0 Å². The van der Waals surface area contributed by atoms with E-state index in [4.69, 9.17) is 0 Å². The van der Waals surface area contributed by atoms with Crippen molar-refractivity contribution in [3.05, 3.63) is 261 Å². The molecule has 0 spiro atoms. The lowest BCUT2D eigenvalue weighted by Gasteiger charge is -2.29. The van der Waals surface area contributed by atoms with Crippen LogP contribution in [0.15, 0.2) is 261 Å². The number of anilines is 3. The van der Waals surface area contributed by atoms with Crippen LogP contribution < -0.4 is 4.90 Å². The van der Waals surface area contributed by atoms with Gasteiger partial charge in [0.25, 0.3) is 0 Å². The molecule has 0 aromatic heterocycles. The number of nitrogens with zero attached hydrogens (tertiary/aromatic N) is 1. The summed E-state index contributed by atoms with van der Waals surface area (Å²) >= 11 is 0. The van der Waals surface area contributed by atoms with Gasteiger partial charge in [0.05, 0.1) is 5.69 Å². The SMILES string of the molecule is c1ccc(-c2ccc(-c3ccc(N(c4ccc(-c5cccc6ccccc56)cc4)c4cc(-c5cccc6ccccc56)ccc4-c4ccccc4)cc3)cc2-c2ccccc2)cc1. The van der Waals surface area contributed by atoms with Crippen LogP contribution in [0, 0.1) is 0 Å². The van der Waals surface area contributed by atoms with Crippen molar-refractivity contribution in [1.29, 1.82) is 0 Å². The monoisotopic (exact) mass is 801 g/mol. The number of rotatable bonds is 9. The average molecular weight is 802 g/mol. The van der Waals surface area contributed by atoms with E-state index >= 15 is 0 Å². The van der Waals surface area contributed by atoms with E-state index in [1.54, 1.807) is 0 Å². The Morgan fingerprint density at radius 2 is 0.603 bits per heavy atom. The Morgan fingerprint density at radius 1 is 0.206 bits per heavy atom. The van der Waals surface area contributed by atoms with Gasteiger partial charge in [-0.3, -0.25) is 0 Å². The van der Waals surface area contributed by atoms with Gasteiger partial charge >= 0.3 is 0 Å². The fourth-order valence-electron chi connectivity index (χ4n) is 9.17. The van der Waals surface area contributed by atoms with Crippen molar-refractivity contribution >= 4 is 38.6 Å². The van der Waals surface area contributed by atoms with Crippen LogP contribution >= 0.6 is 0 Å². The Labute approximate surface area is 369 Å². The molecule has 0 fully saturated rings. The lowest BCUT2D eigenvalue weighted by molar-refractivity contribution is 1.28. The maximum Gasteiger partial charge on any atom is 0.0546 e. The molecule has 11 rings (SSSR count). The number of hydrogen-bond acceptors (Lipinski definition) is 1. The summed E-state index contributed by atoms with van der Waals surface area (Å²) in [5.41, 5.74) is 17.6. The summed E-state index contributed by atoms with van der Waals surface area (Å²) in [5.74, 6) is 0. The summed E-state index contributed by atoms with van der Waals surface area (Å²) in [4.78, 5) is 2.43. The minimum Gasteiger partial charge on any atom is -0.310 e. The Balaban J connectivity index is 1.07. The first-order chi connectivity index (χ1) is 31.2. The molecule has 11 aromatic carbocycles. The molecule has 0 radical (unpaired) electrons. The number of benzene rings is 11. The molecule has 0 amide bonds. The van der Waals surface area contributed by atoms with Crippen LogP contribution in [-0.4, -0.2) is 0 Å². The molecule has 0 unspecified atom stereocenters. The first-order valence-corrected chi connectivity index (χ1v) is 21.7. The first kappa shape index (κ1) is 37.7. The molecule has 0 aliphatic heterocycles. The van der Waals surface area contributed by atoms with E-state index in [0.29, 0.717) is 0 Å². The normalized spacial score (nSPS) is 11.2. The molecule has 296 valence electrons. The molecule has 1 heteroatoms. The highest BCUT2D eigenvalue weighted by atomic mass is 15.1. The van der Waals surface area contributed by atoms with Crippen molar-refractivity contribution in [3.8, 4) is 66.8 Å². The average Bonchev–Trinajstić information content (AvgIpc) is 3.37. The molecular weight excluding hydrogens is 759 g/mol. The predicted octanol–water partition coefficient (Wildman–Crippen LogP) is 17.5. The molecule has 0 bridgehead atoms. The fourth-order valence-corrected chi connectivity index (χ4v) is 9.17. The maximum absolute atomic E-state index is 2.43. The summed E-state index contributed by atoms with van der Waals surface area (Å²) in [7, 11) is 0. The molecule has 63 heavy (non-hydrogen) atoms. The Bertz CT molecular complexity index is 3340. The summed E-state index contributed by atoms with van der Waals surface area (Å²) in [5, 5.41) is 4.96. The molecule has 0 atom stereocenters. The second-order valence-corrected chi connectivity index (χ2v) is 16.1. The van der Waals surface area contributed by atoms with E-state index in [1.807, 2.05) is 0 Å². The quantitative estimate of drug-likeness (QED) is 0.141. The van der Waals surface area contributed by atoms with Gasteiger partial charge in [-0.05, 0) is 119 Å². The largest absolute Gasteiger partial charge is 0.310 e. The minimum absolute atomic E-state index is 1.08. The highest BCUT2D eigenvalue weighted by molar-refractivity contribution is 6.00. The second-order valence-electron chi connectivity index (χ2n) is 16.1. The van der Waals surface area contributed by atoms with E-state index in [9.17, 15) is 0 Å². The van der Waals surface area contributed by atoms with Gasteiger partial charge in [-0.1, -0.05) is 224 Å². The van der Waals surface area contributed by atoms with Crippen molar-refractivity contribution in [2.45, 2.75) is 0 Å². The first-order valence-electron chi connectivity index (χ1n) is 21.7. The van der Waals surface area contributed by atoms with Crippen molar-refractivity contribution in [2.24, 2.45) is 0 Å². The zero-order chi connectivity index (χ0) is 42.0. The summed E-state index contributed by atoms with van der Waals surface area (Å²) in [6.45, 7) is 0. The van der Waals surface area contributed by atoms with Crippen LogP contribution in [0.25, 0.3) is 88.3 Å². The Morgan fingerprint density at radius 3 is 1.17 bits per heavy atom. The van der Waals surface area contributed by atoms with E-state index in [-0.39, 0.29) is 0 Å².